The van der Waals surface area contributed by atoms with Crippen LogP contribution in [0.2, 0.25) is 0 Å². The van der Waals surface area contributed by atoms with E-state index < -0.39 is 0 Å². The molecule has 2 rings (SSSR count). The van der Waals surface area contributed by atoms with E-state index in [1.54, 1.807) is 7.11 Å². The van der Waals surface area contributed by atoms with Gasteiger partial charge in [-0.3, -0.25) is 0 Å². The third kappa shape index (κ3) is 1.49. The number of hydrogen-bond acceptors (Lipinski definition) is 1. The molecule has 0 spiro atoms. The molecule has 1 fully saturated rings. The molecule has 1 heteroatoms. The Bertz CT molecular complexity index is 262. The first kappa shape index (κ1) is 8.76. The number of rotatable bonds is 3. The van der Waals surface area contributed by atoms with Crippen molar-refractivity contribution in [2.45, 2.75) is 24.7 Å². The van der Waals surface area contributed by atoms with Gasteiger partial charge in [-0.25, -0.2) is 0 Å². The summed E-state index contributed by atoms with van der Waals surface area (Å²) in [4.78, 5) is 0. The van der Waals surface area contributed by atoms with Gasteiger partial charge in [-0.2, -0.15) is 0 Å². The second-order valence-corrected chi connectivity index (χ2v) is 3.93. The van der Waals surface area contributed by atoms with E-state index in [1.165, 1.54) is 24.8 Å². The standard InChI is InChI=1S/C12H16O/c1-13-10-12(8-5-9-12)11-6-3-2-4-7-11/h2-4,6-7H,5,8-10H2,1H3. The van der Waals surface area contributed by atoms with Gasteiger partial charge in [-0.05, 0) is 18.4 Å². The maximum absolute atomic E-state index is 5.30. The average Bonchev–Trinajstić information content (AvgIpc) is 2.13. The van der Waals surface area contributed by atoms with Crippen LogP contribution in [0.15, 0.2) is 30.3 Å². The molecule has 1 aromatic carbocycles. The first-order valence-electron chi connectivity index (χ1n) is 4.92. The zero-order valence-corrected chi connectivity index (χ0v) is 8.12. The summed E-state index contributed by atoms with van der Waals surface area (Å²) in [6.45, 7) is 0.872. The number of hydrogen-bond donors (Lipinski definition) is 0. The van der Waals surface area contributed by atoms with Gasteiger partial charge in [0, 0.05) is 12.5 Å². The highest BCUT2D eigenvalue weighted by molar-refractivity contribution is 5.27. The molecule has 0 atom stereocenters. The number of methoxy groups -OCH3 is 1. The summed E-state index contributed by atoms with van der Waals surface area (Å²) in [7, 11) is 1.79. The maximum atomic E-state index is 5.30. The molecule has 0 radical (unpaired) electrons. The van der Waals surface area contributed by atoms with Crippen LogP contribution in [-0.4, -0.2) is 13.7 Å². The fraction of sp³-hybridized carbons (Fsp3) is 0.500. The van der Waals surface area contributed by atoms with E-state index in [4.69, 9.17) is 4.74 Å². The Kier molecular flexibility index (Phi) is 2.36. The lowest BCUT2D eigenvalue weighted by atomic mass is 9.65. The van der Waals surface area contributed by atoms with Crippen LogP contribution in [0.4, 0.5) is 0 Å². The topological polar surface area (TPSA) is 9.23 Å². The van der Waals surface area contributed by atoms with Crippen molar-refractivity contribution in [2.75, 3.05) is 13.7 Å². The highest BCUT2D eigenvalue weighted by atomic mass is 16.5. The van der Waals surface area contributed by atoms with Crippen LogP contribution in [0.5, 0.6) is 0 Å². The molecule has 70 valence electrons. The van der Waals surface area contributed by atoms with Gasteiger partial charge >= 0.3 is 0 Å². The van der Waals surface area contributed by atoms with Gasteiger partial charge < -0.3 is 4.74 Å². The zero-order chi connectivity index (χ0) is 9.15. The molecule has 1 aromatic rings. The Hall–Kier alpha value is -0.820. The van der Waals surface area contributed by atoms with Crippen LogP contribution in [0, 0.1) is 0 Å². The molecule has 0 heterocycles. The summed E-state index contributed by atoms with van der Waals surface area (Å²) < 4.78 is 5.30. The van der Waals surface area contributed by atoms with Crippen LogP contribution < -0.4 is 0 Å². The van der Waals surface area contributed by atoms with Crippen molar-refractivity contribution in [1.82, 2.24) is 0 Å². The predicted octanol–water partition coefficient (Wildman–Crippen LogP) is 2.75. The normalized spacial score (nSPS) is 19.5. The van der Waals surface area contributed by atoms with Crippen molar-refractivity contribution in [3.63, 3.8) is 0 Å². The second-order valence-electron chi connectivity index (χ2n) is 3.93. The van der Waals surface area contributed by atoms with Gasteiger partial charge in [0.05, 0.1) is 6.61 Å². The number of benzene rings is 1. The Balaban J connectivity index is 2.22. The van der Waals surface area contributed by atoms with Crippen LogP contribution in [0.25, 0.3) is 0 Å². The fourth-order valence-electron chi connectivity index (χ4n) is 2.19. The lowest BCUT2D eigenvalue weighted by molar-refractivity contribution is 0.0792. The van der Waals surface area contributed by atoms with E-state index >= 15 is 0 Å². The molecule has 1 nitrogen and oxygen atoms in total. The molecular formula is C12H16O. The number of ether oxygens (including phenoxy) is 1. The summed E-state index contributed by atoms with van der Waals surface area (Å²) in [5.41, 5.74) is 1.79. The molecule has 1 saturated carbocycles. The molecule has 13 heavy (non-hydrogen) atoms. The first-order valence-corrected chi connectivity index (χ1v) is 4.92. The van der Waals surface area contributed by atoms with Crippen molar-refractivity contribution in [3.8, 4) is 0 Å². The van der Waals surface area contributed by atoms with Gasteiger partial charge in [0.15, 0.2) is 0 Å². The second kappa shape index (κ2) is 3.51. The summed E-state index contributed by atoms with van der Waals surface area (Å²) in [5.74, 6) is 0. The lowest BCUT2D eigenvalue weighted by Crippen LogP contribution is -2.38. The summed E-state index contributed by atoms with van der Waals surface area (Å²) in [5, 5.41) is 0. The summed E-state index contributed by atoms with van der Waals surface area (Å²) in [6, 6.07) is 10.7. The van der Waals surface area contributed by atoms with Crippen LogP contribution >= 0.6 is 0 Å². The molecular weight excluding hydrogens is 160 g/mol. The van der Waals surface area contributed by atoms with Gasteiger partial charge in [0.1, 0.15) is 0 Å². The largest absolute Gasteiger partial charge is 0.384 e. The minimum absolute atomic E-state index is 0.343. The van der Waals surface area contributed by atoms with Crippen molar-refractivity contribution in [2.24, 2.45) is 0 Å². The lowest BCUT2D eigenvalue weighted by Gasteiger charge is -2.41. The first-order chi connectivity index (χ1) is 6.37. The van der Waals surface area contributed by atoms with Crippen molar-refractivity contribution in [1.29, 1.82) is 0 Å². The molecule has 0 aromatic heterocycles. The molecule has 1 aliphatic rings. The van der Waals surface area contributed by atoms with E-state index in [2.05, 4.69) is 30.3 Å². The summed E-state index contributed by atoms with van der Waals surface area (Å²) >= 11 is 0. The highest BCUT2D eigenvalue weighted by Gasteiger charge is 2.38. The SMILES string of the molecule is COCC1(c2ccccc2)CCC1. The molecule has 1 aliphatic carbocycles. The van der Waals surface area contributed by atoms with Gasteiger partial charge in [0.2, 0.25) is 0 Å². The van der Waals surface area contributed by atoms with Crippen LogP contribution in [0.3, 0.4) is 0 Å². The van der Waals surface area contributed by atoms with Crippen molar-refractivity contribution in [3.05, 3.63) is 35.9 Å². The molecule has 0 unspecified atom stereocenters. The molecule has 0 aliphatic heterocycles. The Labute approximate surface area is 79.7 Å². The molecule has 0 N–H and O–H groups in total. The van der Waals surface area contributed by atoms with Gasteiger partial charge in [-0.15, -0.1) is 0 Å². The van der Waals surface area contributed by atoms with Gasteiger partial charge in [0.25, 0.3) is 0 Å². The predicted molar refractivity (Wildman–Crippen MR) is 53.8 cm³/mol. The van der Waals surface area contributed by atoms with E-state index in [1.807, 2.05) is 0 Å². The van der Waals surface area contributed by atoms with Crippen molar-refractivity contribution >= 4 is 0 Å². The minimum atomic E-state index is 0.343. The quantitative estimate of drug-likeness (QED) is 0.688. The maximum Gasteiger partial charge on any atom is 0.0559 e. The summed E-state index contributed by atoms with van der Waals surface area (Å²) in [6.07, 6.45) is 3.91. The smallest absolute Gasteiger partial charge is 0.0559 e. The fourth-order valence-corrected chi connectivity index (χ4v) is 2.19. The Morgan fingerprint density at radius 3 is 2.38 bits per heavy atom. The van der Waals surface area contributed by atoms with E-state index in [0.717, 1.165) is 6.61 Å². The zero-order valence-electron chi connectivity index (χ0n) is 8.12. The van der Waals surface area contributed by atoms with Crippen LogP contribution in [-0.2, 0) is 10.2 Å². The molecule has 0 amide bonds. The third-order valence-corrected chi connectivity index (χ3v) is 3.12. The highest BCUT2D eigenvalue weighted by Crippen LogP contribution is 2.43. The van der Waals surface area contributed by atoms with Crippen molar-refractivity contribution < 1.29 is 4.74 Å². The monoisotopic (exact) mass is 176 g/mol. The minimum Gasteiger partial charge on any atom is -0.384 e. The Morgan fingerprint density at radius 2 is 1.92 bits per heavy atom. The average molecular weight is 176 g/mol. The Morgan fingerprint density at radius 1 is 1.23 bits per heavy atom. The van der Waals surface area contributed by atoms with E-state index in [-0.39, 0.29) is 0 Å². The van der Waals surface area contributed by atoms with E-state index in [0.29, 0.717) is 5.41 Å². The molecule has 0 saturated heterocycles. The van der Waals surface area contributed by atoms with Crippen LogP contribution in [0.1, 0.15) is 24.8 Å². The molecule has 0 bridgehead atoms. The van der Waals surface area contributed by atoms with E-state index in [9.17, 15) is 0 Å². The third-order valence-electron chi connectivity index (χ3n) is 3.12. The van der Waals surface area contributed by atoms with Gasteiger partial charge in [-0.1, -0.05) is 36.8 Å².